The van der Waals surface area contributed by atoms with Crippen LogP contribution in [0.3, 0.4) is 0 Å². The third kappa shape index (κ3) is 3.04. The lowest BCUT2D eigenvalue weighted by Gasteiger charge is -2.40. The Hall–Kier alpha value is -1.93. The third-order valence-electron chi connectivity index (χ3n) is 5.03. The average Bonchev–Trinajstić information content (AvgIpc) is 3.39. The number of carbonyl (C=O) groups excluding carboxylic acids is 1. The number of amides is 1. The molecule has 1 aromatic carbocycles. The highest BCUT2D eigenvalue weighted by Crippen LogP contribution is 2.35. The van der Waals surface area contributed by atoms with Crippen LogP contribution < -0.4 is 0 Å². The molecule has 4 rings (SSSR count). The van der Waals surface area contributed by atoms with Crippen LogP contribution in [0.2, 0.25) is 0 Å². The van der Waals surface area contributed by atoms with E-state index in [1.165, 1.54) is 4.31 Å². The number of piperazine rings is 1. The number of rotatable bonds is 4. The molecule has 2 aliphatic rings. The highest BCUT2D eigenvalue weighted by molar-refractivity contribution is 7.89. The van der Waals surface area contributed by atoms with Gasteiger partial charge in [-0.15, -0.1) is 0 Å². The minimum atomic E-state index is -3.29. The van der Waals surface area contributed by atoms with Gasteiger partial charge in [0.15, 0.2) is 0 Å². The molecule has 0 radical (unpaired) electrons. The molecule has 2 heterocycles. The lowest BCUT2D eigenvalue weighted by atomic mass is 10.1. The topological polar surface area (TPSA) is 86.4 Å². The largest absolute Gasteiger partial charge is 0.340 e. The van der Waals surface area contributed by atoms with Crippen LogP contribution in [0.25, 0.3) is 11.0 Å². The maximum atomic E-state index is 12.7. The van der Waals surface area contributed by atoms with Gasteiger partial charge in [0.2, 0.25) is 15.9 Å². The van der Waals surface area contributed by atoms with Gasteiger partial charge in [0.1, 0.15) is 11.9 Å². The van der Waals surface area contributed by atoms with Gasteiger partial charge in [0.25, 0.3) is 0 Å². The summed E-state index contributed by atoms with van der Waals surface area (Å²) in [6, 6.07) is 7.31. The Bertz CT molecular complexity index is 871. The molecule has 1 saturated carbocycles. The number of nitrogens with one attached hydrogen (secondary N) is 1. The molecule has 8 heteroatoms. The molecule has 1 amide bonds. The molecule has 2 fully saturated rings. The highest BCUT2D eigenvalue weighted by atomic mass is 32.2. The molecular formula is C17H22N4O3S. The van der Waals surface area contributed by atoms with E-state index in [0.717, 1.165) is 23.9 Å². The van der Waals surface area contributed by atoms with Crippen LogP contribution >= 0.6 is 0 Å². The molecule has 1 atom stereocenters. The minimum absolute atomic E-state index is 0.0659. The number of imidazole rings is 1. The van der Waals surface area contributed by atoms with Crippen LogP contribution in [0.1, 0.15) is 31.6 Å². The number of nitrogens with zero attached hydrogens (tertiary/aromatic N) is 3. The van der Waals surface area contributed by atoms with Crippen LogP contribution in [0, 0.1) is 5.92 Å². The zero-order valence-corrected chi connectivity index (χ0v) is 15.0. The highest BCUT2D eigenvalue weighted by Gasteiger charge is 2.42. The second-order valence-electron chi connectivity index (χ2n) is 6.72. The van der Waals surface area contributed by atoms with Crippen molar-refractivity contribution in [2.75, 3.05) is 25.4 Å². The first kappa shape index (κ1) is 16.5. The van der Waals surface area contributed by atoms with E-state index >= 15 is 0 Å². The standard InChI is InChI=1S/C17H22N4O3S/c1-2-25(23,24)20-9-10-21(17(22)12-7-8-12)15(11-20)16-18-13-5-3-4-6-14(13)19-16/h3-6,12,15H,2,7-11H2,1H3,(H,18,19). The maximum Gasteiger partial charge on any atom is 0.226 e. The Morgan fingerprint density at radius 3 is 2.72 bits per heavy atom. The molecule has 2 aromatic rings. The van der Waals surface area contributed by atoms with Crippen molar-refractivity contribution < 1.29 is 13.2 Å². The van der Waals surface area contributed by atoms with E-state index in [4.69, 9.17) is 0 Å². The fourth-order valence-electron chi connectivity index (χ4n) is 3.39. The first-order valence-electron chi connectivity index (χ1n) is 8.72. The summed E-state index contributed by atoms with van der Waals surface area (Å²) in [5.74, 6) is 0.947. The molecule has 0 bridgehead atoms. The number of hydrogen-bond acceptors (Lipinski definition) is 4. The van der Waals surface area contributed by atoms with Gasteiger partial charge < -0.3 is 9.88 Å². The zero-order valence-electron chi connectivity index (χ0n) is 14.2. The summed E-state index contributed by atoms with van der Waals surface area (Å²) in [6.07, 6.45) is 1.86. The molecule has 0 spiro atoms. The number of aromatic amines is 1. The van der Waals surface area contributed by atoms with Crippen molar-refractivity contribution in [2.24, 2.45) is 5.92 Å². The molecule has 1 unspecified atom stereocenters. The van der Waals surface area contributed by atoms with E-state index in [-0.39, 0.29) is 30.2 Å². The Kier molecular flexibility index (Phi) is 4.04. The monoisotopic (exact) mass is 362 g/mol. The number of para-hydroxylation sites is 2. The van der Waals surface area contributed by atoms with E-state index in [2.05, 4.69) is 9.97 Å². The van der Waals surface area contributed by atoms with Gasteiger partial charge in [-0.25, -0.2) is 13.4 Å². The van der Waals surface area contributed by atoms with Gasteiger partial charge in [0.05, 0.1) is 16.8 Å². The number of benzene rings is 1. The smallest absolute Gasteiger partial charge is 0.226 e. The maximum absolute atomic E-state index is 12.7. The zero-order chi connectivity index (χ0) is 17.6. The van der Waals surface area contributed by atoms with Crippen molar-refractivity contribution in [3.8, 4) is 0 Å². The van der Waals surface area contributed by atoms with Crippen LogP contribution in [-0.2, 0) is 14.8 Å². The third-order valence-corrected chi connectivity index (χ3v) is 6.88. The lowest BCUT2D eigenvalue weighted by molar-refractivity contribution is -0.137. The van der Waals surface area contributed by atoms with Crippen molar-refractivity contribution in [3.63, 3.8) is 0 Å². The first-order valence-corrected chi connectivity index (χ1v) is 10.3. The van der Waals surface area contributed by atoms with E-state index in [0.29, 0.717) is 18.9 Å². The normalized spacial score (nSPS) is 22.4. The predicted molar refractivity (Wildman–Crippen MR) is 94.3 cm³/mol. The Balaban J connectivity index is 1.70. The number of carbonyl (C=O) groups is 1. The summed E-state index contributed by atoms with van der Waals surface area (Å²) in [6.45, 7) is 2.67. The summed E-state index contributed by atoms with van der Waals surface area (Å²) in [7, 11) is -3.29. The van der Waals surface area contributed by atoms with Crippen LogP contribution in [0.5, 0.6) is 0 Å². The van der Waals surface area contributed by atoms with Crippen molar-refractivity contribution in [3.05, 3.63) is 30.1 Å². The summed E-state index contributed by atoms with van der Waals surface area (Å²) >= 11 is 0. The van der Waals surface area contributed by atoms with Gasteiger partial charge in [-0.3, -0.25) is 4.79 Å². The molecule has 1 aliphatic carbocycles. The van der Waals surface area contributed by atoms with Gasteiger partial charge in [-0.1, -0.05) is 12.1 Å². The fourth-order valence-corrected chi connectivity index (χ4v) is 4.48. The summed E-state index contributed by atoms with van der Waals surface area (Å²) in [5.41, 5.74) is 1.72. The van der Waals surface area contributed by atoms with Gasteiger partial charge in [-0.05, 0) is 31.9 Å². The molecule has 1 aliphatic heterocycles. The van der Waals surface area contributed by atoms with Crippen LogP contribution in [0.15, 0.2) is 24.3 Å². The van der Waals surface area contributed by atoms with E-state index in [1.807, 2.05) is 29.2 Å². The predicted octanol–water partition coefficient (Wildman–Crippen LogP) is 1.51. The summed E-state index contributed by atoms with van der Waals surface area (Å²) in [5, 5.41) is 0. The van der Waals surface area contributed by atoms with E-state index in [9.17, 15) is 13.2 Å². The number of hydrogen-bond donors (Lipinski definition) is 1. The fraction of sp³-hybridized carbons (Fsp3) is 0.529. The second kappa shape index (κ2) is 6.10. The number of H-pyrrole nitrogens is 1. The van der Waals surface area contributed by atoms with Crippen molar-refractivity contribution in [2.45, 2.75) is 25.8 Å². The van der Waals surface area contributed by atoms with E-state index < -0.39 is 10.0 Å². The molecule has 7 nitrogen and oxygen atoms in total. The Morgan fingerprint density at radius 1 is 1.28 bits per heavy atom. The van der Waals surface area contributed by atoms with Gasteiger partial charge in [0, 0.05) is 25.6 Å². The Morgan fingerprint density at radius 2 is 2.04 bits per heavy atom. The van der Waals surface area contributed by atoms with Gasteiger partial charge in [-0.2, -0.15) is 4.31 Å². The second-order valence-corrected chi connectivity index (χ2v) is 8.98. The van der Waals surface area contributed by atoms with Crippen LogP contribution in [-0.4, -0.2) is 58.9 Å². The van der Waals surface area contributed by atoms with E-state index in [1.54, 1.807) is 6.92 Å². The quantitative estimate of drug-likeness (QED) is 0.893. The lowest BCUT2D eigenvalue weighted by Crippen LogP contribution is -2.53. The number of fused-ring (bicyclic) bond motifs is 1. The van der Waals surface area contributed by atoms with Crippen molar-refractivity contribution >= 4 is 27.0 Å². The number of aromatic nitrogens is 2. The average molecular weight is 362 g/mol. The molecule has 1 N–H and O–H groups in total. The molecule has 25 heavy (non-hydrogen) atoms. The summed E-state index contributed by atoms with van der Waals surface area (Å²) < 4.78 is 26.1. The van der Waals surface area contributed by atoms with Gasteiger partial charge >= 0.3 is 0 Å². The van der Waals surface area contributed by atoms with Crippen molar-refractivity contribution in [1.29, 1.82) is 0 Å². The molecule has 1 aromatic heterocycles. The first-order chi connectivity index (χ1) is 12.0. The minimum Gasteiger partial charge on any atom is -0.340 e. The molecular weight excluding hydrogens is 340 g/mol. The van der Waals surface area contributed by atoms with Crippen LogP contribution in [0.4, 0.5) is 0 Å². The summed E-state index contributed by atoms with van der Waals surface area (Å²) in [4.78, 5) is 22.4. The SMILES string of the molecule is CCS(=O)(=O)N1CCN(C(=O)C2CC2)C(c2nc3ccccc3[nH]2)C1. The molecule has 134 valence electrons. The Labute approximate surface area is 147 Å². The van der Waals surface area contributed by atoms with Crippen molar-refractivity contribution in [1.82, 2.24) is 19.2 Å². The number of sulfonamides is 1. The molecule has 1 saturated heterocycles.